The Morgan fingerprint density at radius 2 is 1.90 bits per heavy atom. The number of piperidine rings is 1. The van der Waals surface area contributed by atoms with Crippen molar-refractivity contribution in [2.24, 2.45) is 0 Å². The van der Waals surface area contributed by atoms with E-state index in [0.717, 1.165) is 12.8 Å². The van der Waals surface area contributed by atoms with Crippen LogP contribution in [0.4, 0.5) is 0 Å². The lowest BCUT2D eigenvalue weighted by Crippen LogP contribution is -2.37. The number of hydrogen-bond donors (Lipinski definition) is 0. The molecule has 0 bridgehead atoms. The van der Waals surface area contributed by atoms with Gasteiger partial charge >= 0.3 is 5.97 Å². The number of fused-ring (bicyclic) bond motifs is 1. The topological polar surface area (TPSA) is 89.7 Å². The predicted octanol–water partition coefficient (Wildman–Crippen LogP) is 3.88. The van der Waals surface area contributed by atoms with Gasteiger partial charge in [0.15, 0.2) is 0 Å². The summed E-state index contributed by atoms with van der Waals surface area (Å²) < 4.78 is 38.6. The number of benzene rings is 1. The van der Waals surface area contributed by atoms with Crippen molar-refractivity contribution in [3.8, 4) is 0 Å². The van der Waals surface area contributed by atoms with Crippen LogP contribution in [0.1, 0.15) is 47.4 Å². The molecule has 0 atom stereocenters. The smallest absolute Gasteiger partial charge is 0.374 e. The zero-order valence-electron chi connectivity index (χ0n) is 17.0. The Bertz CT molecular complexity index is 1160. The van der Waals surface area contributed by atoms with Crippen LogP contribution in [-0.2, 0) is 14.8 Å². The number of pyridine rings is 1. The summed E-state index contributed by atoms with van der Waals surface area (Å²) in [5, 5.41) is 0.603. The number of rotatable bonds is 5. The number of aryl methyl sites for hydroxylation is 1. The van der Waals surface area contributed by atoms with Crippen molar-refractivity contribution >= 4 is 27.0 Å². The first-order valence-electron chi connectivity index (χ1n) is 10.0. The molecular weight excluding hydrogens is 404 g/mol. The van der Waals surface area contributed by atoms with Crippen LogP contribution in [-0.4, -0.2) is 43.4 Å². The predicted molar refractivity (Wildman–Crippen MR) is 112 cm³/mol. The van der Waals surface area contributed by atoms with Crippen LogP contribution in [0.3, 0.4) is 0 Å². The molecular formula is C22H24N2O5S. The third-order valence-corrected chi connectivity index (χ3v) is 7.53. The lowest BCUT2D eigenvalue weighted by molar-refractivity contribution is 0.0491. The number of esters is 1. The maximum absolute atomic E-state index is 13.2. The van der Waals surface area contributed by atoms with Gasteiger partial charge in [0.2, 0.25) is 15.8 Å². The van der Waals surface area contributed by atoms with E-state index in [-0.39, 0.29) is 17.3 Å². The summed E-state index contributed by atoms with van der Waals surface area (Å²) in [7, 11) is -3.63. The van der Waals surface area contributed by atoms with Crippen molar-refractivity contribution in [2.75, 3.05) is 19.7 Å². The molecule has 0 radical (unpaired) electrons. The second-order valence-corrected chi connectivity index (χ2v) is 9.33. The number of ether oxygens (including phenoxy) is 1. The van der Waals surface area contributed by atoms with Crippen LogP contribution >= 0.6 is 0 Å². The highest BCUT2D eigenvalue weighted by Crippen LogP contribution is 2.33. The summed E-state index contributed by atoms with van der Waals surface area (Å²) in [5.41, 5.74) is 2.24. The van der Waals surface area contributed by atoms with Gasteiger partial charge in [-0.1, -0.05) is 0 Å². The number of carbonyl (C=O) groups excluding carboxylic acids is 1. The first-order chi connectivity index (χ1) is 14.4. The standard InChI is InChI=1S/C22H24N2O5S/c1-3-28-22(25)21-15(2)19-14-18(4-5-20(19)29-21)30(26,27)24-12-8-17(9-13-24)16-6-10-23-11-7-16/h4-7,10-11,14,17H,3,8-9,12-13H2,1-2H3. The molecule has 1 aromatic carbocycles. The van der Waals surface area contributed by atoms with Gasteiger partial charge in [-0.3, -0.25) is 4.98 Å². The monoisotopic (exact) mass is 428 g/mol. The molecule has 0 amide bonds. The fourth-order valence-electron chi connectivity index (χ4n) is 3.97. The molecule has 0 spiro atoms. The molecule has 3 aromatic rings. The molecule has 0 N–H and O–H groups in total. The Hall–Kier alpha value is -2.71. The maximum Gasteiger partial charge on any atom is 0.374 e. The molecule has 3 heterocycles. The molecule has 0 unspecified atom stereocenters. The van der Waals surface area contributed by atoms with Gasteiger partial charge < -0.3 is 9.15 Å². The lowest BCUT2D eigenvalue weighted by Gasteiger charge is -2.31. The van der Waals surface area contributed by atoms with E-state index in [2.05, 4.69) is 4.98 Å². The number of sulfonamides is 1. The van der Waals surface area contributed by atoms with Crippen LogP contribution in [0, 0.1) is 6.92 Å². The first kappa shape index (κ1) is 20.6. The summed E-state index contributed by atoms with van der Waals surface area (Å²) in [6, 6.07) is 8.70. The zero-order valence-corrected chi connectivity index (χ0v) is 17.8. The number of aromatic nitrogens is 1. The minimum absolute atomic E-state index is 0.111. The van der Waals surface area contributed by atoms with Crippen molar-refractivity contribution in [3.63, 3.8) is 0 Å². The second-order valence-electron chi connectivity index (χ2n) is 7.39. The van der Waals surface area contributed by atoms with E-state index in [4.69, 9.17) is 9.15 Å². The summed E-state index contributed by atoms with van der Waals surface area (Å²) in [5.74, 6) is -0.0986. The van der Waals surface area contributed by atoms with E-state index in [1.165, 1.54) is 15.9 Å². The number of carbonyl (C=O) groups is 1. The summed E-state index contributed by atoms with van der Waals surface area (Å²) in [4.78, 5) is 16.3. The minimum Gasteiger partial charge on any atom is -0.460 e. The van der Waals surface area contributed by atoms with Crippen molar-refractivity contribution in [1.29, 1.82) is 0 Å². The Morgan fingerprint density at radius 3 is 2.57 bits per heavy atom. The molecule has 30 heavy (non-hydrogen) atoms. The van der Waals surface area contributed by atoms with Crippen LogP contribution < -0.4 is 0 Å². The third-order valence-electron chi connectivity index (χ3n) is 5.64. The molecule has 1 aliphatic heterocycles. The van der Waals surface area contributed by atoms with E-state index >= 15 is 0 Å². The molecule has 2 aromatic heterocycles. The van der Waals surface area contributed by atoms with Crippen molar-refractivity contribution in [3.05, 3.63) is 59.6 Å². The van der Waals surface area contributed by atoms with Crippen LogP contribution in [0.25, 0.3) is 11.0 Å². The van der Waals surface area contributed by atoms with Crippen molar-refractivity contribution in [2.45, 2.75) is 37.5 Å². The molecule has 1 saturated heterocycles. The van der Waals surface area contributed by atoms with E-state index < -0.39 is 16.0 Å². The minimum atomic E-state index is -3.63. The van der Waals surface area contributed by atoms with Crippen LogP contribution in [0.5, 0.6) is 0 Å². The summed E-state index contributed by atoms with van der Waals surface area (Å²) in [6.07, 6.45) is 5.07. The molecule has 0 aliphatic carbocycles. The van der Waals surface area contributed by atoms with Gasteiger partial charge in [-0.25, -0.2) is 13.2 Å². The highest BCUT2D eigenvalue weighted by atomic mass is 32.2. The van der Waals surface area contributed by atoms with E-state index in [1.54, 1.807) is 38.4 Å². The van der Waals surface area contributed by atoms with Crippen molar-refractivity contribution in [1.82, 2.24) is 9.29 Å². The van der Waals surface area contributed by atoms with E-state index in [0.29, 0.717) is 35.5 Å². The van der Waals surface area contributed by atoms with E-state index in [9.17, 15) is 13.2 Å². The van der Waals surface area contributed by atoms with Gasteiger partial charge in [0.1, 0.15) is 5.58 Å². The molecule has 158 valence electrons. The molecule has 1 aliphatic rings. The molecule has 0 saturated carbocycles. The van der Waals surface area contributed by atoms with Crippen LogP contribution in [0.2, 0.25) is 0 Å². The highest BCUT2D eigenvalue weighted by molar-refractivity contribution is 7.89. The SMILES string of the molecule is CCOC(=O)c1oc2ccc(S(=O)(=O)N3CCC(c4ccncc4)CC3)cc2c1C. The maximum atomic E-state index is 13.2. The van der Waals surface area contributed by atoms with Crippen LogP contribution in [0.15, 0.2) is 52.0 Å². The summed E-state index contributed by atoms with van der Waals surface area (Å²) >= 11 is 0. The van der Waals surface area contributed by atoms with Gasteiger partial charge in [0.25, 0.3) is 0 Å². The van der Waals surface area contributed by atoms with Gasteiger partial charge in [-0.05, 0) is 68.5 Å². The van der Waals surface area contributed by atoms with Crippen molar-refractivity contribution < 1.29 is 22.4 Å². The number of nitrogens with zero attached hydrogens (tertiary/aromatic N) is 2. The van der Waals surface area contributed by atoms with Gasteiger partial charge in [0.05, 0.1) is 11.5 Å². The lowest BCUT2D eigenvalue weighted by atomic mass is 9.91. The molecule has 8 heteroatoms. The molecule has 4 rings (SSSR count). The average Bonchev–Trinajstić information content (AvgIpc) is 3.11. The van der Waals surface area contributed by atoms with E-state index in [1.807, 2.05) is 12.1 Å². The first-order valence-corrected chi connectivity index (χ1v) is 11.5. The van der Waals surface area contributed by atoms with Gasteiger partial charge in [-0.2, -0.15) is 4.31 Å². The quantitative estimate of drug-likeness (QED) is 0.573. The molecule has 1 fully saturated rings. The normalized spacial score (nSPS) is 16.1. The van der Waals surface area contributed by atoms with Gasteiger partial charge in [0, 0.05) is 36.4 Å². The molecule has 7 nitrogen and oxygen atoms in total. The fourth-order valence-corrected chi connectivity index (χ4v) is 5.46. The fraction of sp³-hybridized carbons (Fsp3) is 0.364. The largest absolute Gasteiger partial charge is 0.460 e. The third kappa shape index (κ3) is 3.73. The Balaban J connectivity index is 1.57. The van der Waals surface area contributed by atoms with Gasteiger partial charge in [-0.15, -0.1) is 0 Å². The number of furan rings is 1. The Morgan fingerprint density at radius 1 is 1.20 bits per heavy atom. The summed E-state index contributed by atoms with van der Waals surface area (Å²) in [6.45, 7) is 4.62. The Labute approximate surface area is 175 Å². The Kier molecular flexibility index (Phi) is 5.62. The highest BCUT2D eigenvalue weighted by Gasteiger charge is 2.30. The number of hydrogen-bond acceptors (Lipinski definition) is 6. The second kappa shape index (κ2) is 8.20. The zero-order chi connectivity index (χ0) is 21.3. The average molecular weight is 429 g/mol.